The molecule has 0 bridgehead atoms. The normalized spacial score (nSPS) is 10.7. The van der Waals surface area contributed by atoms with Gasteiger partial charge in [0, 0.05) is 0 Å². The third-order valence-corrected chi connectivity index (χ3v) is 3.72. The molecule has 122 valence electrons. The fraction of sp³-hybridized carbons (Fsp3) is 0.111. The number of methoxy groups -OCH3 is 1. The van der Waals surface area contributed by atoms with Crippen molar-refractivity contribution in [1.82, 2.24) is 0 Å². The molecule has 0 unspecified atom stereocenters. The zero-order valence-corrected chi connectivity index (χ0v) is 12.8. The molecule has 1 heterocycles. The summed E-state index contributed by atoms with van der Waals surface area (Å²) in [5.74, 6) is -1.35. The smallest absolute Gasteiger partial charge is 0.354 e. The van der Waals surface area contributed by atoms with E-state index in [0.717, 1.165) is 16.9 Å². The number of fused-ring (bicyclic) bond motifs is 1. The van der Waals surface area contributed by atoms with Gasteiger partial charge < -0.3 is 19.4 Å². The fourth-order valence-corrected chi connectivity index (χ4v) is 2.51. The van der Waals surface area contributed by atoms with E-state index >= 15 is 0 Å². The molecule has 24 heavy (non-hydrogen) atoms. The predicted octanol–water partition coefficient (Wildman–Crippen LogP) is 2.80. The average Bonchev–Trinajstić information content (AvgIpc) is 2.56. The van der Waals surface area contributed by atoms with Crippen molar-refractivity contribution < 1.29 is 24.2 Å². The molecule has 0 atom stereocenters. The Bertz CT molecular complexity index is 969. The van der Waals surface area contributed by atoms with Gasteiger partial charge >= 0.3 is 11.6 Å². The first-order valence-electron chi connectivity index (χ1n) is 7.14. The van der Waals surface area contributed by atoms with E-state index in [9.17, 15) is 14.7 Å². The quantitative estimate of drug-likeness (QED) is 0.716. The lowest BCUT2D eigenvalue weighted by Gasteiger charge is -2.07. The first-order chi connectivity index (χ1) is 11.5. The van der Waals surface area contributed by atoms with Gasteiger partial charge in [-0.3, -0.25) is 0 Å². The van der Waals surface area contributed by atoms with Crippen LogP contribution in [0.3, 0.4) is 0 Å². The first-order valence-corrected chi connectivity index (χ1v) is 7.14. The maximum absolute atomic E-state index is 11.6. The summed E-state index contributed by atoms with van der Waals surface area (Å²) >= 11 is 0. The molecule has 1 aromatic heterocycles. The molecule has 0 radical (unpaired) electrons. The van der Waals surface area contributed by atoms with Gasteiger partial charge in [0.25, 0.3) is 0 Å². The van der Waals surface area contributed by atoms with Gasteiger partial charge in [-0.05, 0) is 41.8 Å². The number of hydrogen-bond acceptors (Lipinski definition) is 5. The van der Waals surface area contributed by atoms with Crippen molar-refractivity contribution >= 4 is 16.9 Å². The molecule has 0 saturated heterocycles. The Morgan fingerprint density at radius 2 is 1.79 bits per heavy atom. The van der Waals surface area contributed by atoms with Crippen molar-refractivity contribution in [2.75, 3.05) is 7.11 Å². The average molecular weight is 326 g/mol. The summed E-state index contributed by atoms with van der Waals surface area (Å²) in [7, 11) is 1.59. The summed E-state index contributed by atoms with van der Waals surface area (Å²) in [6, 6.07) is 12.4. The van der Waals surface area contributed by atoms with Crippen LogP contribution in [0, 0.1) is 0 Å². The van der Waals surface area contributed by atoms with Crippen molar-refractivity contribution in [2.24, 2.45) is 0 Å². The second-order valence-electron chi connectivity index (χ2n) is 5.27. The Balaban J connectivity index is 2.03. The van der Waals surface area contributed by atoms with Gasteiger partial charge in [-0.15, -0.1) is 0 Å². The lowest BCUT2D eigenvalue weighted by molar-refractivity contribution is 0.0689. The molecule has 0 aliphatic rings. The van der Waals surface area contributed by atoms with E-state index in [2.05, 4.69) is 0 Å². The highest BCUT2D eigenvalue weighted by Crippen LogP contribution is 2.28. The molecule has 3 aromatic rings. The van der Waals surface area contributed by atoms with Gasteiger partial charge in [-0.1, -0.05) is 18.2 Å². The van der Waals surface area contributed by atoms with Crippen LogP contribution >= 0.6 is 0 Å². The standard InChI is InChI=1S/C18H14O6/c1-23-12-5-2-10(3-6-12)8-11-4-7-14-13(9-11)16(19)15(17(20)21)18(22)24-14/h2-7,9,19H,8H2,1H3,(H,20,21). The van der Waals surface area contributed by atoms with E-state index in [1.807, 2.05) is 24.3 Å². The number of carboxylic acid groups (broad SMARTS) is 1. The van der Waals surface area contributed by atoms with E-state index in [-0.39, 0.29) is 11.0 Å². The zero-order chi connectivity index (χ0) is 17.3. The number of hydrogen-bond donors (Lipinski definition) is 2. The van der Waals surface area contributed by atoms with Crippen LogP contribution in [0.2, 0.25) is 0 Å². The van der Waals surface area contributed by atoms with Crippen LogP contribution in [-0.4, -0.2) is 23.3 Å². The third-order valence-electron chi connectivity index (χ3n) is 3.72. The Kier molecular flexibility index (Phi) is 3.95. The number of benzene rings is 2. The van der Waals surface area contributed by atoms with Gasteiger partial charge in [-0.25, -0.2) is 9.59 Å². The topological polar surface area (TPSA) is 97.0 Å². The van der Waals surface area contributed by atoms with Crippen molar-refractivity contribution in [2.45, 2.75) is 6.42 Å². The van der Waals surface area contributed by atoms with Gasteiger partial charge in [0.15, 0.2) is 5.56 Å². The van der Waals surface area contributed by atoms with Crippen molar-refractivity contribution in [3.05, 3.63) is 69.6 Å². The monoisotopic (exact) mass is 326 g/mol. The lowest BCUT2D eigenvalue weighted by atomic mass is 10.0. The number of ether oxygens (including phenoxy) is 1. The predicted molar refractivity (Wildman–Crippen MR) is 86.9 cm³/mol. The van der Waals surface area contributed by atoms with Crippen LogP contribution in [-0.2, 0) is 6.42 Å². The second kappa shape index (κ2) is 6.08. The second-order valence-corrected chi connectivity index (χ2v) is 5.27. The number of carboxylic acids is 1. The van der Waals surface area contributed by atoms with Crippen LogP contribution in [0.5, 0.6) is 11.5 Å². The minimum atomic E-state index is -1.52. The number of aromatic carboxylic acids is 1. The van der Waals surface area contributed by atoms with E-state index in [1.54, 1.807) is 25.3 Å². The number of rotatable bonds is 4. The maximum Gasteiger partial charge on any atom is 0.354 e. The van der Waals surface area contributed by atoms with Crippen LogP contribution < -0.4 is 10.4 Å². The summed E-state index contributed by atoms with van der Waals surface area (Å²) < 4.78 is 10.1. The summed E-state index contributed by atoms with van der Waals surface area (Å²) in [5.41, 5.74) is 0.166. The van der Waals surface area contributed by atoms with E-state index in [1.165, 1.54) is 0 Å². The third kappa shape index (κ3) is 2.81. The van der Waals surface area contributed by atoms with E-state index < -0.39 is 22.9 Å². The minimum absolute atomic E-state index is 0.140. The molecule has 6 nitrogen and oxygen atoms in total. The summed E-state index contributed by atoms with van der Waals surface area (Å²) in [5, 5.41) is 19.3. The van der Waals surface area contributed by atoms with Crippen molar-refractivity contribution in [1.29, 1.82) is 0 Å². The highest BCUT2D eigenvalue weighted by Gasteiger charge is 2.20. The summed E-state index contributed by atoms with van der Waals surface area (Å²) in [4.78, 5) is 22.7. The Morgan fingerprint density at radius 1 is 1.12 bits per heavy atom. The fourth-order valence-electron chi connectivity index (χ4n) is 2.51. The highest BCUT2D eigenvalue weighted by atomic mass is 16.5. The first kappa shape index (κ1) is 15.6. The molecule has 2 N–H and O–H groups in total. The SMILES string of the molecule is COc1ccc(Cc2ccc3oc(=O)c(C(=O)O)c(O)c3c2)cc1. The van der Waals surface area contributed by atoms with E-state index in [0.29, 0.717) is 6.42 Å². The summed E-state index contributed by atoms with van der Waals surface area (Å²) in [6.07, 6.45) is 0.570. The Labute approximate surface area is 136 Å². The number of carbonyl (C=O) groups is 1. The molecule has 0 aliphatic heterocycles. The van der Waals surface area contributed by atoms with E-state index in [4.69, 9.17) is 14.3 Å². The molecule has 2 aromatic carbocycles. The summed E-state index contributed by atoms with van der Waals surface area (Å²) in [6.45, 7) is 0. The van der Waals surface area contributed by atoms with Gasteiger partial charge in [0.05, 0.1) is 12.5 Å². The molecule has 3 rings (SSSR count). The van der Waals surface area contributed by atoms with Crippen LogP contribution in [0.25, 0.3) is 11.0 Å². The van der Waals surface area contributed by atoms with Crippen LogP contribution in [0.4, 0.5) is 0 Å². The molecule has 6 heteroatoms. The Morgan fingerprint density at radius 3 is 2.42 bits per heavy atom. The molecule has 0 saturated carbocycles. The van der Waals surface area contributed by atoms with Crippen molar-refractivity contribution in [3.63, 3.8) is 0 Å². The molecular formula is C18H14O6. The lowest BCUT2D eigenvalue weighted by Crippen LogP contribution is -2.13. The molecule has 0 fully saturated rings. The highest BCUT2D eigenvalue weighted by molar-refractivity contribution is 5.97. The number of aromatic hydroxyl groups is 1. The Hall–Kier alpha value is -3.28. The molecular weight excluding hydrogens is 312 g/mol. The maximum atomic E-state index is 11.6. The van der Waals surface area contributed by atoms with Crippen molar-refractivity contribution in [3.8, 4) is 11.5 Å². The molecule has 0 aliphatic carbocycles. The van der Waals surface area contributed by atoms with Gasteiger partial charge in [0.1, 0.15) is 17.1 Å². The molecule has 0 amide bonds. The largest absolute Gasteiger partial charge is 0.506 e. The zero-order valence-electron chi connectivity index (χ0n) is 12.8. The minimum Gasteiger partial charge on any atom is -0.506 e. The van der Waals surface area contributed by atoms with Gasteiger partial charge in [0.2, 0.25) is 0 Å². The van der Waals surface area contributed by atoms with Gasteiger partial charge in [-0.2, -0.15) is 0 Å². The molecule has 0 spiro atoms. The van der Waals surface area contributed by atoms with Crippen LogP contribution in [0.15, 0.2) is 51.7 Å². The van der Waals surface area contributed by atoms with Crippen LogP contribution in [0.1, 0.15) is 21.5 Å².